The summed E-state index contributed by atoms with van der Waals surface area (Å²) in [5.41, 5.74) is 0. The number of amides is 1. The molecule has 6 nitrogen and oxygen atoms in total. The molecule has 2 N–H and O–H groups in total. The molecule has 0 aliphatic heterocycles. The van der Waals surface area contributed by atoms with Gasteiger partial charge in [0.05, 0.1) is 13.1 Å². The number of nitrogens with zero attached hydrogens (tertiary/aromatic N) is 2. The molecule has 6 heteroatoms. The predicted molar refractivity (Wildman–Crippen MR) is 49.4 cm³/mol. The zero-order valence-electron chi connectivity index (χ0n) is 7.70. The second-order valence-corrected chi connectivity index (χ2v) is 2.48. The quantitative estimate of drug-likeness (QED) is 0.500. The summed E-state index contributed by atoms with van der Waals surface area (Å²) < 4.78 is 4.94. The number of rotatable bonds is 4. The monoisotopic (exact) mass is 194 g/mol. The first-order valence-electron chi connectivity index (χ1n) is 3.96. The molecular weight excluding hydrogens is 184 g/mol. The lowest BCUT2D eigenvalue weighted by Gasteiger charge is -1.99. The van der Waals surface area contributed by atoms with E-state index in [0.717, 1.165) is 0 Å². The third-order valence-electron chi connectivity index (χ3n) is 1.29. The van der Waals surface area contributed by atoms with E-state index in [1.54, 1.807) is 6.92 Å². The summed E-state index contributed by atoms with van der Waals surface area (Å²) in [6.45, 7) is 2.10. The minimum Gasteiger partial charge on any atom is -0.408 e. The smallest absolute Gasteiger partial charge is 0.322 e. The average molecular weight is 194 g/mol. The van der Waals surface area contributed by atoms with Gasteiger partial charge in [-0.2, -0.15) is 0 Å². The van der Waals surface area contributed by atoms with Crippen molar-refractivity contribution in [1.82, 2.24) is 15.5 Å². The molecule has 0 aliphatic carbocycles. The molecule has 1 aromatic heterocycles. The van der Waals surface area contributed by atoms with Crippen LogP contribution in [0.3, 0.4) is 0 Å². The highest BCUT2D eigenvalue weighted by atomic mass is 16.4. The molecule has 0 unspecified atom stereocenters. The number of hydrogen-bond acceptors (Lipinski definition) is 5. The van der Waals surface area contributed by atoms with Crippen LogP contribution in [0.15, 0.2) is 4.42 Å². The van der Waals surface area contributed by atoms with E-state index in [0.29, 0.717) is 12.4 Å². The molecule has 0 saturated heterocycles. The molecule has 1 aromatic rings. The lowest BCUT2D eigenvalue weighted by Crippen LogP contribution is -2.28. The van der Waals surface area contributed by atoms with Crippen molar-refractivity contribution < 1.29 is 9.21 Å². The lowest BCUT2D eigenvalue weighted by atomic mass is 10.5. The van der Waals surface area contributed by atoms with E-state index in [9.17, 15) is 4.79 Å². The summed E-state index contributed by atoms with van der Waals surface area (Å²) in [6, 6.07) is 0.0926. The van der Waals surface area contributed by atoms with Crippen LogP contribution in [0.5, 0.6) is 0 Å². The standard InChI is InChI=1S/C8H10N4O2/c1-3-4-9-5-7(13)10-8-12-11-6(2)14-8/h1,9H,4-5H2,2H3,(H,10,12,13). The molecule has 0 atom stereocenters. The third kappa shape index (κ3) is 3.25. The van der Waals surface area contributed by atoms with Crippen molar-refractivity contribution in [2.24, 2.45) is 0 Å². The fourth-order valence-electron chi connectivity index (χ4n) is 0.759. The van der Waals surface area contributed by atoms with Crippen LogP contribution in [0.1, 0.15) is 5.89 Å². The topological polar surface area (TPSA) is 80.0 Å². The number of carbonyl (C=O) groups is 1. The molecular formula is C8H10N4O2. The van der Waals surface area contributed by atoms with Crippen molar-refractivity contribution in [2.45, 2.75) is 6.92 Å². The summed E-state index contributed by atoms with van der Waals surface area (Å²) in [7, 11) is 0. The van der Waals surface area contributed by atoms with Crippen molar-refractivity contribution in [3.05, 3.63) is 5.89 Å². The number of carbonyl (C=O) groups excluding carboxylic acids is 1. The van der Waals surface area contributed by atoms with Crippen LogP contribution < -0.4 is 10.6 Å². The fraction of sp³-hybridized carbons (Fsp3) is 0.375. The predicted octanol–water partition coefficient (Wildman–Crippen LogP) is -0.461. The first kappa shape index (κ1) is 10.2. The average Bonchev–Trinajstić information content (AvgIpc) is 2.52. The highest BCUT2D eigenvalue weighted by Gasteiger charge is 2.06. The molecule has 1 heterocycles. The van der Waals surface area contributed by atoms with Crippen LogP contribution in [0.25, 0.3) is 0 Å². The molecule has 74 valence electrons. The maximum Gasteiger partial charge on any atom is 0.322 e. The number of hydrogen-bond donors (Lipinski definition) is 2. The van der Waals surface area contributed by atoms with Gasteiger partial charge >= 0.3 is 6.01 Å². The number of nitrogens with one attached hydrogen (secondary N) is 2. The summed E-state index contributed by atoms with van der Waals surface area (Å²) in [4.78, 5) is 11.1. The maximum atomic E-state index is 11.1. The molecule has 0 fully saturated rings. The zero-order chi connectivity index (χ0) is 10.4. The van der Waals surface area contributed by atoms with Gasteiger partial charge < -0.3 is 4.42 Å². The van der Waals surface area contributed by atoms with Gasteiger partial charge in [-0.05, 0) is 0 Å². The molecule has 14 heavy (non-hydrogen) atoms. The van der Waals surface area contributed by atoms with Crippen molar-refractivity contribution in [3.8, 4) is 12.3 Å². The second-order valence-electron chi connectivity index (χ2n) is 2.48. The normalized spacial score (nSPS) is 9.43. The Kier molecular flexibility index (Phi) is 3.64. The number of anilines is 1. The van der Waals surface area contributed by atoms with Crippen LogP contribution in [0, 0.1) is 19.3 Å². The van der Waals surface area contributed by atoms with Crippen molar-refractivity contribution in [2.75, 3.05) is 18.4 Å². The van der Waals surface area contributed by atoms with Crippen LogP contribution in [0.2, 0.25) is 0 Å². The summed E-state index contributed by atoms with van der Waals surface area (Å²) in [5.74, 6) is 2.47. The van der Waals surface area contributed by atoms with E-state index >= 15 is 0 Å². The molecule has 0 saturated carbocycles. The minimum atomic E-state index is -0.274. The summed E-state index contributed by atoms with van der Waals surface area (Å²) in [5, 5.41) is 12.3. The van der Waals surface area contributed by atoms with Crippen molar-refractivity contribution in [3.63, 3.8) is 0 Å². The van der Waals surface area contributed by atoms with Gasteiger partial charge in [-0.25, -0.2) is 0 Å². The molecule has 1 amide bonds. The van der Waals surface area contributed by atoms with E-state index in [1.807, 2.05) is 0 Å². The van der Waals surface area contributed by atoms with Gasteiger partial charge in [0.2, 0.25) is 11.8 Å². The Hall–Kier alpha value is -1.87. The van der Waals surface area contributed by atoms with Gasteiger partial charge in [0.25, 0.3) is 0 Å². The Morgan fingerprint density at radius 3 is 3.00 bits per heavy atom. The van der Waals surface area contributed by atoms with Crippen LogP contribution in [-0.2, 0) is 4.79 Å². The molecule has 0 aromatic carbocycles. The van der Waals surface area contributed by atoms with Crippen LogP contribution in [-0.4, -0.2) is 29.2 Å². The molecule has 0 radical (unpaired) electrons. The molecule has 0 spiro atoms. The van der Waals surface area contributed by atoms with E-state index in [-0.39, 0.29) is 18.5 Å². The van der Waals surface area contributed by atoms with Gasteiger partial charge in [0.15, 0.2) is 0 Å². The summed E-state index contributed by atoms with van der Waals surface area (Å²) >= 11 is 0. The Morgan fingerprint density at radius 1 is 1.64 bits per heavy atom. The highest BCUT2D eigenvalue weighted by Crippen LogP contribution is 2.02. The first-order valence-corrected chi connectivity index (χ1v) is 3.96. The van der Waals surface area contributed by atoms with Gasteiger partial charge in [-0.1, -0.05) is 11.0 Å². The van der Waals surface area contributed by atoms with Gasteiger partial charge in [-0.15, -0.1) is 11.5 Å². The van der Waals surface area contributed by atoms with E-state index in [2.05, 4.69) is 26.8 Å². The lowest BCUT2D eigenvalue weighted by molar-refractivity contribution is -0.115. The Labute approximate surface area is 81.1 Å². The van der Waals surface area contributed by atoms with Crippen molar-refractivity contribution >= 4 is 11.9 Å². The van der Waals surface area contributed by atoms with Gasteiger partial charge in [0, 0.05) is 6.92 Å². The van der Waals surface area contributed by atoms with Gasteiger partial charge in [0.1, 0.15) is 0 Å². The van der Waals surface area contributed by atoms with Crippen LogP contribution >= 0.6 is 0 Å². The largest absolute Gasteiger partial charge is 0.408 e. The second kappa shape index (κ2) is 4.99. The maximum absolute atomic E-state index is 11.1. The summed E-state index contributed by atoms with van der Waals surface area (Å²) in [6.07, 6.45) is 4.99. The molecule has 0 bridgehead atoms. The minimum absolute atomic E-state index is 0.0926. The van der Waals surface area contributed by atoms with E-state index < -0.39 is 0 Å². The molecule has 0 aliphatic rings. The van der Waals surface area contributed by atoms with E-state index in [4.69, 9.17) is 10.8 Å². The van der Waals surface area contributed by atoms with Crippen LogP contribution in [0.4, 0.5) is 6.01 Å². The number of aromatic nitrogens is 2. The third-order valence-corrected chi connectivity index (χ3v) is 1.29. The highest BCUT2D eigenvalue weighted by molar-refractivity contribution is 5.90. The first-order chi connectivity index (χ1) is 6.72. The number of aryl methyl sites for hydroxylation is 1. The van der Waals surface area contributed by atoms with Crippen molar-refractivity contribution in [1.29, 1.82) is 0 Å². The van der Waals surface area contributed by atoms with Gasteiger partial charge in [-0.3, -0.25) is 15.4 Å². The van der Waals surface area contributed by atoms with E-state index in [1.165, 1.54) is 0 Å². The Balaban J connectivity index is 2.31. The Morgan fingerprint density at radius 2 is 2.43 bits per heavy atom. The zero-order valence-corrected chi connectivity index (χ0v) is 7.70. The Bertz CT molecular complexity index is 352. The fourth-order valence-corrected chi connectivity index (χ4v) is 0.759. The SMILES string of the molecule is C#CCNCC(=O)Nc1nnc(C)o1. The number of terminal acetylenes is 1. The molecule has 1 rings (SSSR count).